The van der Waals surface area contributed by atoms with Crippen molar-refractivity contribution in [2.75, 3.05) is 23.7 Å². The predicted octanol–water partition coefficient (Wildman–Crippen LogP) is 2.71. The maximum absolute atomic E-state index is 15.7. The van der Waals surface area contributed by atoms with Gasteiger partial charge in [0.15, 0.2) is 11.6 Å². The molecule has 2 aromatic rings. The molecule has 1 saturated heterocycles. The van der Waals surface area contributed by atoms with Crippen LogP contribution >= 0.6 is 0 Å². The van der Waals surface area contributed by atoms with E-state index in [0.29, 0.717) is 13.1 Å². The number of nitrogens with two attached hydrogens (primary N) is 1. The second-order valence-electron chi connectivity index (χ2n) is 8.41. The number of fused-ring (bicyclic) bond motifs is 1. The number of hydrogen-bond acceptors (Lipinski definition) is 6. The number of carbonyl (C=O) groups is 2. The third kappa shape index (κ3) is 4.88. The summed E-state index contributed by atoms with van der Waals surface area (Å²) in [4.78, 5) is 34.7. The summed E-state index contributed by atoms with van der Waals surface area (Å²) in [7, 11) is 0. The summed E-state index contributed by atoms with van der Waals surface area (Å²) in [5.74, 6) is -6.10. The minimum atomic E-state index is -5.08. The van der Waals surface area contributed by atoms with Crippen molar-refractivity contribution in [3.05, 3.63) is 33.6 Å². The van der Waals surface area contributed by atoms with Gasteiger partial charge in [0.05, 0.1) is 16.6 Å². The second kappa shape index (κ2) is 9.32. The number of nitrogen functional groups attached to an aromatic ring is 1. The van der Waals surface area contributed by atoms with Gasteiger partial charge < -0.3 is 30.7 Å². The molecule has 4 rings (SSSR count). The number of hydrogen-bond donors (Lipinski definition) is 4. The van der Waals surface area contributed by atoms with Gasteiger partial charge in [0, 0.05) is 37.4 Å². The largest absolute Gasteiger partial charge is 0.490 e. The highest BCUT2D eigenvalue weighted by atomic mass is 19.4. The quantitative estimate of drug-likeness (QED) is 0.368. The van der Waals surface area contributed by atoms with E-state index in [-0.39, 0.29) is 29.3 Å². The van der Waals surface area contributed by atoms with E-state index in [2.05, 4.69) is 5.32 Å². The van der Waals surface area contributed by atoms with Crippen LogP contribution in [-0.2, 0) is 4.79 Å². The third-order valence-corrected chi connectivity index (χ3v) is 6.10. The first-order valence-electron chi connectivity index (χ1n) is 10.6. The smallest absolute Gasteiger partial charge is 0.477 e. The fraction of sp³-hybridized carbons (Fsp3) is 0.476. The van der Waals surface area contributed by atoms with Crippen molar-refractivity contribution in [2.45, 2.75) is 51.0 Å². The Labute approximate surface area is 194 Å². The van der Waals surface area contributed by atoms with Crippen LogP contribution in [0, 0.1) is 11.6 Å². The van der Waals surface area contributed by atoms with Gasteiger partial charge in [0.1, 0.15) is 11.3 Å². The van der Waals surface area contributed by atoms with Crippen molar-refractivity contribution >= 4 is 34.2 Å². The fourth-order valence-corrected chi connectivity index (χ4v) is 3.97. The Morgan fingerprint density at radius 1 is 1.14 bits per heavy atom. The summed E-state index contributed by atoms with van der Waals surface area (Å²) in [5.41, 5.74) is 3.55. The number of aliphatic carboxylic acids is 1. The maximum Gasteiger partial charge on any atom is 0.490 e. The summed E-state index contributed by atoms with van der Waals surface area (Å²) >= 11 is 0. The van der Waals surface area contributed by atoms with Crippen LogP contribution in [0.5, 0.6) is 0 Å². The zero-order valence-corrected chi connectivity index (χ0v) is 18.6. The molecule has 2 heterocycles. The van der Waals surface area contributed by atoms with Crippen molar-refractivity contribution < 1.29 is 41.8 Å². The van der Waals surface area contributed by atoms with Gasteiger partial charge in [-0.1, -0.05) is 0 Å². The molecule has 0 unspecified atom stereocenters. The Bertz CT molecular complexity index is 1240. The highest BCUT2D eigenvalue weighted by Gasteiger charge is 2.38. The van der Waals surface area contributed by atoms with Crippen LogP contribution in [0.1, 0.15) is 43.1 Å². The number of alkyl halides is 3. The van der Waals surface area contributed by atoms with Gasteiger partial charge in [-0.25, -0.2) is 18.4 Å². The highest BCUT2D eigenvalue weighted by Crippen LogP contribution is 2.42. The first-order chi connectivity index (χ1) is 16.2. The van der Waals surface area contributed by atoms with Gasteiger partial charge in [-0.05, 0) is 26.7 Å². The number of rotatable bonds is 3. The molecule has 9 nitrogen and oxygen atoms in total. The van der Waals surface area contributed by atoms with Crippen LogP contribution in [0.15, 0.2) is 11.0 Å². The zero-order valence-electron chi connectivity index (χ0n) is 18.6. The number of pyridine rings is 1. The second-order valence-corrected chi connectivity index (χ2v) is 8.41. The molecule has 1 aliphatic carbocycles. The number of halogens is 5. The number of piperazine rings is 1. The number of anilines is 2. The Morgan fingerprint density at radius 3 is 2.20 bits per heavy atom. The SMILES string of the molecule is C[C@@H]1NCCN(c2c(F)c(N)c3c(=O)c(C(=O)O)cn(C4CC4)c3c2F)[C@@H]1C.O=C(O)C(F)(F)F. The molecule has 14 heteroatoms. The van der Waals surface area contributed by atoms with Crippen LogP contribution in [0.25, 0.3) is 10.9 Å². The summed E-state index contributed by atoms with van der Waals surface area (Å²) in [6.07, 6.45) is -2.48. The number of nitrogens with zero attached hydrogens (tertiary/aromatic N) is 2. The molecule has 192 valence electrons. The lowest BCUT2D eigenvalue weighted by Crippen LogP contribution is -2.56. The summed E-state index contributed by atoms with van der Waals surface area (Å²) in [6.45, 7) is 4.72. The molecular weight excluding hydrogens is 483 g/mol. The Morgan fingerprint density at radius 2 is 1.71 bits per heavy atom. The van der Waals surface area contributed by atoms with Crippen LogP contribution in [0.3, 0.4) is 0 Å². The first-order valence-corrected chi connectivity index (χ1v) is 10.6. The van der Waals surface area contributed by atoms with E-state index >= 15 is 8.78 Å². The van der Waals surface area contributed by atoms with E-state index in [9.17, 15) is 27.9 Å². The molecule has 0 spiro atoms. The molecule has 1 aromatic carbocycles. The van der Waals surface area contributed by atoms with E-state index in [0.717, 1.165) is 19.0 Å². The fourth-order valence-electron chi connectivity index (χ4n) is 3.97. The van der Waals surface area contributed by atoms with Crippen molar-refractivity contribution in [2.24, 2.45) is 0 Å². The van der Waals surface area contributed by atoms with E-state index in [1.54, 1.807) is 4.90 Å². The monoisotopic (exact) mass is 506 g/mol. The van der Waals surface area contributed by atoms with Gasteiger partial charge in [0.2, 0.25) is 5.43 Å². The van der Waals surface area contributed by atoms with Crippen LogP contribution < -0.4 is 21.4 Å². The topological polar surface area (TPSA) is 138 Å². The predicted molar refractivity (Wildman–Crippen MR) is 116 cm³/mol. The molecule has 1 saturated carbocycles. The Hall–Kier alpha value is -3.42. The molecule has 0 amide bonds. The van der Waals surface area contributed by atoms with Crippen molar-refractivity contribution in [1.29, 1.82) is 0 Å². The maximum atomic E-state index is 15.7. The number of carboxylic acid groups (broad SMARTS) is 2. The molecule has 2 aliphatic rings. The van der Waals surface area contributed by atoms with E-state index in [1.807, 2.05) is 13.8 Å². The Kier molecular flexibility index (Phi) is 6.97. The minimum Gasteiger partial charge on any atom is -0.477 e. The number of aromatic nitrogens is 1. The van der Waals surface area contributed by atoms with E-state index in [4.69, 9.17) is 15.6 Å². The van der Waals surface area contributed by atoms with Gasteiger partial charge in [-0.15, -0.1) is 0 Å². The molecule has 1 aromatic heterocycles. The zero-order chi connectivity index (χ0) is 26.4. The lowest BCUT2D eigenvalue weighted by atomic mass is 10.0. The van der Waals surface area contributed by atoms with Crippen LogP contribution in [-0.4, -0.2) is 58.1 Å². The minimum absolute atomic E-state index is 0.00415. The Balaban J connectivity index is 0.000000429. The molecule has 0 radical (unpaired) electrons. The summed E-state index contributed by atoms with van der Waals surface area (Å²) < 4.78 is 64.1. The van der Waals surface area contributed by atoms with Crippen molar-refractivity contribution in [1.82, 2.24) is 9.88 Å². The molecule has 2 atom stereocenters. The van der Waals surface area contributed by atoms with Gasteiger partial charge in [-0.2, -0.15) is 13.2 Å². The standard InChI is InChI=1S/C19H22F2N4O3.C2HF3O2/c1-8-9(2)24(6-5-23-8)17-13(20)15(22)12-16(14(17)21)25(10-3-4-10)7-11(18(12)26)19(27)28;3-2(4,5)1(6)7/h7-10,23H,3-6,22H2,1-2H3,(H,27,28);(H,6,7)/t8-,9+;/m0./s1. The molecular formula is C21H23F5N4O5. The van der Waals surface area contributed by atoms with Gasteiger partial charge >= 0.3 is 18.1 Å². The number of benzene rings is 1. The average molecular weight is 506 g/mol. The molecule has 0 bridgehead atoms. The molecule has 1 aliphatic heterocycles. The number of aromatic carboxylic acids is 1. The first kappa shape index (κ1) is 26.2. The highest BCUT2D eigenvalue weighted by molar-refractivity contribution is 5.99. The molecule has 5 N–H and O–H groups in total. The number of carboxylic acids is 2. The van der Waals surface area contributed by atoms with Gasteiger partial charge in [0.25, 0.3) is 0 Å². The van der Waals surface area contributed by atoms with Gasteiger partial charge in [-0.3, -0.25) is 4.79 Å². The summed E-state index contributed by atoms with van der Waals surface area (Å²) in [5, 5.41) is 19.3. The third-order valence-electron chi connectivity index (χ3n) is 6.10. The number of nitrogens with one attached hydrogen (secondary N) is 1. The lowest BCUT2D eigenvalue weighted by Gasteiger charge is -2.40. The summed E-state index contributed by atoms with van der Waals surface area (Å²) in [6, 6.07) is -0.328. The van der Waals surface area contributed by atoms with Crippen LogP contribution in [0.2, 0.25) is 0 Å². The normalized spacial score (nSPS) is 20.4. The van der Waals surface area contributed by atoms with E-state index < -0.39 is 51.8 Å². The lowest BCUT2D eigenvalue weighted by molar-refractivity contribution is -0.192. The van der Waals surface area contributed by atoms with E-state index in [1.165, 1.54) is 4.57 Å². The molecule has 2 fully saturated rings. The molecule has 35 heavy (non-hydrogen) atoms. The van der Waals surface area contributed by atoms with Crippen LogP contribution in [0.4, 0.5) is 33.3 Å². The average Bonchev–Trinajstić information content (AvgIpc) is 3.59. The van der Waals surface area contributed by atoms with Crippen molar-refractivity contribution in [3.8, 4) is 0 Å². The van der Waals surface area contributed by atoms with Crippen molar-refractivity contribution in [3.63, 3.8) is 0 Å².